The molecule has 1 saturated heterocycles. The summed E-state index contributed by atoms with van der Waals surface area (Å²) in [5.74, 6) is -0.508. The van der Waals surface area contributed by atoms with Crippen molar-refractivity contribution in [2.24, 2.45) is 5.73 Å². The van der Waals surface area contributed by atoms with E-state index in [0.717, 1.165) is 5.56 Å². The predicted octanol–water partition coefficient (Wildman–Crippen LogP) is -0.179. The summed E-state index contributed by atoms with van der Waals surface area (Å²) in [7, 11) is 0. The van der Waals surface area contributed by atoms with E-state index in [2.05, 4.69) is 10.6 Å². The highest BCUT2D eigenvalue weighted by Crippen LogP contribution is 2.06. The zero-order valence-electron chi connectivity index (χ0n) is 12.1. The third-order valence-corrected chi connectivity index (χ3v) is 3.52. The Morgan fingerprint density at radius 1 is 1.48 bits per heavy atom. The SMILES string of the molecule is C[C@H]1OCCN[C@@H]1C(=O)NCCc1cccc(C(N)=O)c1. The lowest BCUT2D eigenvalue weighted by atomic mass is 10.1. The van der Waals surface area contributed by atoms with Crippen molar-refractivity contribution in [3.8, 4) is 0 Å². The van der Waals surface area contributed by atoms with Crippen molar-refractivity contribution in [1.29, 1.82) is 0 Å². The number of morpholine rings is 1. The molecule has 2 rings (SSSR count). The van der Waals surface area contributed by atoms with Gasteiger partial charge in [-0.15, -0.1) is 0 Å². The van der Waals surface area contributed by atoms with Crippen LogP contribution in [0, 0.1) is 0 Å². The molecule has 1 aliphatic heterocycles. The van der Waals surface area contributed by atoms with Crippen molar-refractivity contribution in [2.45, 2.75) is 25.5 Å². The maximum absolute atomic E-state index is 12.0. The van der Waals surface area contributed by atoms with Gasteiger partial charge >= 0.3 is 0 Å². The van der Waals surface area contributed by atoms with Crippen molar-refractivity contribution >= 4 is 11.8 Å². The highest BCUT2D eigenvalue weighted by atomic mass is 16.5. The number of primary amides is 1. The van der Waals surface area contributed by atoms with Crippen molar-refractivity contribution < 1.29 is 14.3 Å². The van der Waals surface area contributed by atoms with E-state index in [1.807, 2.05) is 13.0 Å². The second kappa shape index (κ2) is 7.19. The molecule has 0 saturated carbocycles. The molecule has 1 heterocycles. The standard InChI is InChI=1S/C15H21N3O3/c1-10-13(17-7-8-21-10)15(20)18-6-5-11-3-2-4-12(9-11)14(16)19/h2-4,9-10,13,17H,5-8H2,1H3,(H2,16,19)(H,18,20)/t10-,13+/m1/s1. The van der Waals surface area contributed by atoms with Crippen LogP contribution >= 0.6 is 0 Å². The van der Waals surface area contributed by atoms with Crippen molar-refractivity contribution in [1.82, 2.24) is 10.6 Å². The van der Waals surface area contributed by atoms with E-state index in [4.69, 9.17) is 10.5 Å². The molecule has 2 amide bonds. The average Bonchev–Trinajstić information content (AvgIpc) is 2.48. The first-order valence-corrected chi connectivity index (χ1v) is 7.09. The number of rotatable bonds is 5. The Morgan fingerprint density at radius 3 is 3.00 bits per heavy atom. The van der Waals surface area contributed by atoms with Crippen LogP contribution in [0.1, 0.15) is 22.8 Å². The topological polar surface area (TPSA) is 93.4 Å². The van der Waals surface area contributed by atoms with Crippen LogP contribution in [0.2, 0.25) is 0 Å². The molecule has 2 atom stereocenters. The van der Waals surface area contributed by atoms with Crippen LogP contribution < -0.4 is 16.4 Å². The van der Waals surface area contributed by atoms with Gasteiger partial charge in [-0.25, -0.2) is 0 Å². The van der Waals surface area contributed by atoms with Gasteiger partial charge in [0.2, 0.25) is 11.8 Å². The Kier molecular flexibility index (Phi) is 5.30. The number of ether oxygens (including phenoxy) is 1. The molecular formula is C15H21N3O3. The van der Waals surface area contributed by atoms with E-state index >= 15 is 0 Å². The van der Waals surface area contributed by atoms with Crippen LogP contribution in [0.3, 0.4) is 0 Å². The first-order valence-electron chi connectivity index (χ1n) is 7.09. The Bertz CT molecular complexity index is 519. The maximum atomic E-state index is 12.0. The lowest BCUT2D eigenvalue weighted by Crippen LogP contribution is -2.55. The van der Waals surface area contributed by atoms with Crippen LogP contribution in [-0.4, -0.2) is 43.7 Å². The molecule has 1 aliphatic rings. The number of hydrogen-bond acceptors (Lipinski definition) is 4. The van der Waals surface area contributed by atoms with E-state index in [-0.39, 0.29) is 18.1 Å². The Morgan fingerprint density at radius 2 is 2.29 bits per heavy atom. The Balaban J connectivity index is 1.82. The van der Waals surface area contributed by atoms with Gasteiger partial charge in [-0.05, 0) is 31.0 Å². The summed E-state index contributed by atoms with van der Waals surface area (Å²) in [6, 6.07) is 6.81. The summed E-state index contributed by atoms with van der Waals surface area (Å²) in [5.41, 5.74) is 6.69. The average molecular weight is 291 g/mol. The summed E-state index contributed by atoms with van der Waals surface area (Å²) < 4.78 is 5.44. The molecule has 0 radical (unpaired) electrons. The smallest absolute Gasteiger partial charge is 0.248 e. The highest BCUT2D eigenvalue weighted by molar-refractivity contribution is 5.92. The van der Waals surface area contributed by atoms with Crippen LogP contribution in [0.5, 0.6) is 0 Å². The first kappa shape index (κ1) is 15.5. The van der Waals surface area contributed by atoms with Gasteiger partial charge < -0.3 is 21.1 Å². The lowest BCUT2D eigenvalue weighted by Gasteiger charge is -2.29. The summed E-state index contributed by atoms with van der Waals surface area (Å²) in [6.07, 6.45) is 0.520. The van der Waals surface area contributed by atoms with Crippen LogP contribution in [0.25, 0.3) is 0 Å². The largest absolute Gasteiger partial charge is 0.375 e. The van der Waals surface area contributed by atoms with Gasteiger partial charge in [0, 0.05) is 18.7 Å². The molecule has 6 nitrogen and oxygen atoms in total. The van der Waals surface area contributed by atoms with E-state index in [1.165, 1.54) is 0 Å². The minimum absolute atomic E-state index is 0.0618. The fourth-order valence-electron chi connectivity index (χ4n) is 2.35. The van der Waals surface area contributed by atoms with Gasteiger partial charge in [-0.3, -0.25) is 9.59 Å². The van der Waals surface area contributed by atoms with Crippen molar-refractivity contribution in [3.63, 3.8) is 0 Å². The third-order valence-electron chi connectivity index (χ3n) is 3.52. The molecule has 1 aromatic carbocycles. The zero-order valence-corrected chi connectivity index (χ0v) is 12.1. The first-order chi connectivity index (χ1) is 10.1. The number of hydrogen-bond donors (Lipinski definition) is 3. The van der Waals surface area contributed by atoms with Gasteiger partial charge in [0.15, 0.2) is 0 Å². The molecule has 1 aromatic rings. The summed E-state index contributed by atoms with van der Waals surface area (Å²) in [4.78, 5) is 23.2. The quantitative estimate of drug-likeness (QED) is 0.701. The minimum Gasteiger partial charge on any atom is -0.375 e. The van der Waals surface area contributed by atoms with Crippen molar-refractivity contribution in [3.05, 3.63) is 35.4 Å². The third kappa shape index (κ3) is 4.27. The molecular weight excluding hydrogens is 270 g/mol. The molecule has 0 bridgehead atoms. The summed E-state index contributed by atoms with van der Waals surface area (Å²) in [6.45, 7) is 3.70. The van der Waals surface area contributed by atoms with Gasteiger partial charge in [-0.2, -0.15) is 0 Å². The molecule has 0 unspecified atom stereocenters. The molecule has 0 spiro atoms. The normalized spacial score (nSPS) is 21.8. The number of carbonyl (C=O) groups is 2. The Labute approximate surface area is 124 Å². The number of amides is 2. The van der Waals surface area contributed by atoms with Crippen LogP contribution in [0.15, 0.2) is 24.3 Å². The summed E-state index contributed by atoms with van der Waals surface area (Å²) in [5, 5.41) is 6.03. The molecule has 0 aromatic heterocycles. The lowest BCUT2D eigenvalue weighted by molar-refractivity contribution is -0.128. The molecule has 114 valence electrons. The highest BCUT2D eigenvalue weighted by Gasteiger charge is 2.27. The number of nitrogens with two attached hydrogens (primary N) is 1. The van der Waals surface area contributed by atoms with Crippen LogP contribution in [-0.2, 0) is 16.0 Å². The van der Waals surface area contributed by atoms with Crippen molar-refractivity contribution in [2.75, 3.05) is 19.7 Å². The second-order valence-electron chi connectivity index (χ2n) is 5.11. The van der Waals surface area contributed by atoms with E-state index in [1.54, 1.807) is 18.2 Å². The van der Waals surface area contributed by atoms with E-state index in [9.17, 15) is 9.59 Å². The number of benzene rings is 1. The maximum Gasteiger partial charge on any atom is 0.248 e. The monoisotopic (exact) mass is 291 g/mol. The van der Waals surface area contributed by atoms with Gasteiger partial charge in [0.25, 0.3) is 0 Å². The predicted molar refractivity (Wildman–Crippen MR) is 78.9 cm³/mol. The van der Waals surface area contributed by atoms with Gasteiger partial charge in [0.05, 0.1) is 12.7 Å². The Hall–Kier alpha value is -1.92. The molecule has 1 fully saturated rings. The number of nitrogens with one attached hydrogen (secondary N) is 2. The van der Waals surface area contributed by atoms with Crippen LogP contribution in [0.4, 0.5) is 0 Å². The fourth-order valence-corrected chi connectivity index (χ4v) is 2.35. The molecule has 0 aliphatic carbocycles. The number of carbonyl (C=O) groups excluding carboxylic acids is 2. The van der Waals surface area contributed by atoms with E-state index in [0.29, 0.717) is 31.7 Å². The van der Waals surface area contributed by atoms with E-state index < -0.39 is 5.91 Å². The van der Waals surface area contributed by atoms with Gasteiger partial charge in [-0.1, -0.05) is 12.1 Å². The molecule has 4 N–H and O–H groups in total. The minimum atomic E-state index is -0.446. The zero-order chi connectivity index (χ0) is 15.2. The molecule has 6 heteroatoms. The van der Waals surface area contributed by atoms with Gasteiger partial charge in [0.1, 0.15) is 6.04 Å². The summed E-state index contributed by atoms with van der Waals surface area (Å²) >= 11 is 0. The molecule has 21 heavy (non-hydrogen) atoms. The fraction of sp³-hybridized carbons (Fsp3) is 0.467. The second-order valence-corrected chi connectivity index (χ2v) is 5.11.